The molecule has 0 saturated carbocycles. The molecule has 0 aliphatic rings. The van der Waals surface area contributed by atoms with Crippen molar-refractivity contribution in [2.75, 3.05) is 0 Å². The van der Waals surface area contributed by atoms with Crippen molar-refractivity contribution < 1.29 is 9.15 Å². The minimum atomic E-state index is -0.120. The number of nitrogens with one attached hydrogen (secondary N) is 1. The summed E-state index contributed by atoms with van der Waals surface area (Å²) in [5, 5.41) is 7.86. The van der Waals surface area contributed by atoms with Crippen LogP contribution < -0.4 is 10.5 Å². The van der Waals surface area contributed by atoms with Gasteiger partial charge in [0.25, 0.3) is 0 Å². The summed E-state index contributed by atoms with van der Waals surface area (Å²) in [6.45, 7) is 0.271. The largest absolute Gasteiger partial charge is 0.485 e. The van der Waals surface area contributed by atoms with E-state index in [0.717, 1.165) is 0 Å². The van der Waals surface area contributed by atoms with E-state index in [1.807, 2.05) is 0 Å². The van der Waals surface area contributed by atoms with E-state index in [4.69, 9.17) is 31.9 Å². The molecule has 0 atom stereocenters. The molecule has 0 amide bonds. The fourth-order valence-corrected chi connectivity index (χ4v) is 1.70. The van der Waals surface area contributed by atoms with Crippen LogP contribution in [0.5, 0.6) is 5.75 Å². The van der Waals surface area contributed by atoms with Gasteiger partial charge in [0.2, 0.25) is 0 Å². The zero-order valence-electron chi connectivity index (χ0n) is 8.94. The van der Waals surface area contributed by atoms with Crippen molar-refractivity contribution in [3.63, 3.8) is 0 Å². The van der Waals surface area contributed by atoms with Gasteiger partial charge in [0, 0.05) is 0 Å². The minimum absolute atomic E-state index is 0.120. The molecule has 3 N–H and O–H groups in total. The Morgan fingerprint density at radius 3 is 2.82 bits per heavy atom. The fraction of sp³-hybridized carbons (Fsp3) is 0.0833. The van der Waals surface area contributed by atoms with Crippen LogP contribution in [-0.4, -0.2) is 5.84 Å². The van der Waals surface area contributed by atoms with Gasteiger partial charge >= 0.3 is 0 Å². The van der Waals surface area contributed by atoms with Gasteiger partial charge in [0.1, 0.15) is 24.0 Å². The maximum atomic E-state index is 7.46. The first-order valence-electron chi connectivity index (χ1n) is 4.96. The molecule has 5 heteroatoms. The number of amidine groups is 1. The molecule has 0 spiro atoms. The highest BCUT2D eigenvalue weighted by atomic mass is 35.5. The Hall–Kier alpha value is -1.94. The number of nitrogens with two attached hydrogens (primary N) is 1. The van der Waals surface area contributed by atoms with Crippen LogP contribution in [-0.2, 0) is 6.61 Å². The average Bonchev–Trinajstić information content (AvgIpc) is 2.78. The quantitative estimate of drug-likeness (QED) is 0.647. The first kappa shape index (κ1) is 11.5. The molecule has 0 unspecified atom stereocenters. The van der Waals surface area contributed by atoms with Crippen molar-refractivity contribution in [2.24, 2.45) is 5.73 Å². The molecule has 0 radical (unpaired) electrons. The number of furan rings is 1. The molecular formula is C12H11ClN2O2. The van der Waals surface area contributed by atoms with Gasteiger partial charge in [0.15, 0.2) is 0 Å². The predicted molar refractivity (Wildman–Crippen MR) is 65.5 cm³/mol. The smallest absolute Gasteiger partial charge is 0.146 e. The molecule has 0 saturated heterocycles. The van der Waals surface area contributed by atoms with Crippen LogP contribution in [0.2, 0.25) is 5.02 Å². The number of ether oxygens (including phenoxy) is 1. The third-order valence-electron chi connectivity index (χ3n) is 2.19. The zero-order chi connectivity index (χ0) is 12.3. The first-order chi connectivity index (χ1) is 8.18. The molecule has 17 heavy (non-hydrogen) atoms. The van der Waals surface area contributed by atoms with Gasteiger partial charge in [-0.2, -0.15) is 0 Å². The van der Waals surface area contributed by atoms with Crippen molar-refractivity contribution in [1.29, 1.82) is 5.41 Å². The third kappa shape index (κ3) is 2.60. The van der Waals surface area contributed by atoms with Gasteiger partial charge in [-0.3, -0.25) is 5.41 Å². The molecular weight excluding hydrogens is 240 g/mol. The second kappa shape index (κ2) is 4.93. The summed E-state index contributed by atoms with van der Waals surface area (Å²) in [7, 11) is 0. The Kier molecular flexibility index (Phi) is 3.35. The third-order valence-corrected chi connectivity index (χ3v) is 2.51. The summed E-state index contributed by atoms with van der Waals surface area (Å²) >= 11 is 5.96. The van der Waals surface area contributed by atoms with Crippen LogP contribution in [0.1, 0.15) is 11.3 Å². The number of nitrogen functional groups attached to an aromatic ring is 1. The monoisotopic (exact) mass is 250 g/mol. The van der Waals surface area contributed by atoms with Gasteiger partial charge in [-0.25, -0.2) is 0 Å². The van der Waals surface area contributed by atoms with Crippen molar-refractivity contribution in [3.8, 4) is 5.75 Å². The van der Waals surface area contributed by atoms with Crippen LogP contribution >= 0.6 is 11.6 Å². The maximum Gasteiger partial charge on any atom is 0.146 e. The first-order valence-corrected chi connectivity index (χ1v) is 5.34. The van der Waals surface area contributed by atoms with E-state index >= 15 is 0 Å². The number of benzene rings is 1. The summed E-state index contributed by atoms with van der Waals surface area (Å²) in [4.78, 5) is 0. The summed E-state index contributed by atoms with van der Waals surface area (Å²) in [5.41, 5.74) is 5.86. The van der Waals surface area contributed by atoms with Gasteiger partial charge in [-0.15, -0.1) is 0 Å². The molecule has 2 rings (SSSR count). The lowest BCUT2D eigenvalue weighted by molar-refractivity contribution is 0.270. The average molecular weight is 251 g/mol. The molecule has 1 aromatic heterocycles. The fourth-order valence-electron chi connectivity index (χ4n) is 1.43. The second-order valence-corrected chi connectivity index (χ2v) is 3.80. The zero-order valence-corrected chi connectivity index (χ0v) is 9.70. The van der Waals surface area contributed by atoms with E-state index in [9.17, 15) is 0 Å². The van der Waals surface area contributed by atoms with Gasteiger partial charge in [0.05, 0.1) is 16.8 Å². The lowest BCUT2D eigenvalue weighted by atomic mass is 10.2. The highest BCUT2D eigenvalue weighted by Crippen LogP contribution is 2.26. The van der Waals surface area contributed by atoms with E-state index < -0.39 is 0 Å². The second-order valence-electron chi connectivity index (χ2n) is 3.39. The predicted octanol–water partition coefficient (Wildman–Crippen LogP) is 2.80. The van der Waals surface area contributed by atoms with Crippen molar-refractivity contribution in [2.45, 2.75) is 6.61 Å². The molecule has 4 nitrogen and oxygen atoms in total. The molecule has 0 aliphatic carbocycles. The summed E-state index contributed by atoms with van der Waals surface area (Å²) in [6.07, 6.45) is 1.57. The number of hydrogen-bond acceptors (Lipinski definition) is 3. The van der Waals surface area contributed by atoms with Crippen molar-refractivity contribution >= 4 is 17.4 Å². The molecule has 1 heterocycles. The molecule has 88 valence electrons. The Balaban J connectivity index is 2.21. The Bertz CT molecular complexity index is 523. The van der Waals surface area contributed by atoms with E-state index in [2.05, 4.69) is 0 Å². The van der Waals surface area contributed by atoms with E-state index in [1.54, 1.807) is 36.6 Å². The lowest BCUT2D eigenvalue weighted by Crippen LogP contribution is -2.13. The van der Waals surface area contributed by atoms with E-state index in [0.29, 0.717) is 22.1 Å². The Morgan fingerprint density at radius 1 is 1.35 bits per heavy atom. The lowest BCUT2D eigenvalue weighted by Gasteiger charge is -2.10. The highest BCUT2D eigenvalue weighted by molar-refractivity contribution is 6.34. The van der Waals surface area contributed by atoms with Crippen LogP contribution in [0.15, 0.2) is 41.0 Å². The molecule has 2 aromatic rings. The van der Waals surface area contributed by atoms with Crippen molar-refractivity contribution in [1.82, 2.24) is 0 Å². The van der Waals surface area contributed by atoms with Gasteiger partial charge < -0.3 is 14.9 Å². The number of rotatable bonds is 4. The minimum Gasteiger partial charge on any atom is -0.485 e. The van der Waals surface area contributed by atoms with Gasteiger partial charge in [-0.1, -0.05) is 17.7 Å². The molecule has 0 fully saturated rings. The SMILES string of the molecule is N=C(N)c1c(Cl)cccc1OCc1ccco1. The van der Waals surface area contributed by atoms with Crippen molar-refractivity contribution in [3.05, 3.63) is 52.9 Å². The van der Waals surface area contributed by atoms with E-state index in [-0.39, 0.29) is 12.4 Å². The molecule has 1 aromatic carbocycles. The van der Waals surface area contributed by atoms with Crippen LogP contribution in [0.3, 0.4) is 0 Å². The molecule has 0 aliphatic heterocycles. The summed E-state index contributed by atoms with van der Waals surface area (Å²) in [6, 6.07) is 8.70. The van der Waals surface area contributed by atoms with Crippen LogP contribution in [0.25, 0.3) is 0 Å². The highest BCUT2D eigenvalue weighted by Gasteiger charge is 2.11. The maximum absolute atomic E-state index is 7.46. The van der Waals surface area contributed by atoms with E-state index in [1.165, 1.54) is 0 Å². The normalized spacial score (nSPS) is 10.2. The van der Waals surface area contributed by atoms with Crippen LogP contribution in [0, 0.1) is 5.41 Å². The summed E-state index contributed by atoms with van der Waals surface area (Å²) < 4.78 is 10.7. The standard InChI is InChI=1S/C12H11ClN2O2/c13-9-4-1-5-10(11(9)12(14)15)17-7-8-3-2-6-16-8/h1-6H,7H2,(H3,14,15). The topological polar surface area (TPSA) is 72.2 Å². The number of hydrogen-bond donors (Lipinski definition) is 2. The Labute approximate surface area is 103 Å². The molecule has 0 bridgehead atoms. The summed E-state index contributed by atoms with van der Waals surface area (Å²) in [5.74, 6) is 1.05. The van der Waals surface area contributed by atoms with Gasteiger partial charge in [-0.05, 0) is 24.3 Å². The Morgan fingerprint density at radius 2 is 2.18 bits per heavy atom. The van der Waals surface area contributed by atoms with Crippen LogP contribution in [0.4, 0.5) is 0 Å². The number of halogens is 1.